The number of carbonyl (C=O) groups is 1. The Bertz CT molecular complexity index is 470. The second-order valence-electron chi connectivity index (χ2n) is 5.29. The van der Waals surface area contributed by atoms with Crippen molar-refractivity contribution < 1.29 is 18.0 Å². The molecule has 0 spiro atoms. The lowest BCUT2D eigenvalue weighted by molar-refractivity contribution is -0.137. The van der Waals surface area contributed by atoms with E-state index in [1.165, 1.54) is 12.1 Å². The van der Waals surface area contributed by atoms with Crippen LogP contribution in [0.15, 0.2) is 24.3 Å². The highest BCUT2D eigenvalue weighted by Gasteiger charge is 2.30. The fraction of sp³-hybridized carbons (Fsp3) is 0.500. The zero-order chi connectivity index (χ0) is 14.8. The molecular weight excluding hydrogens is 269 g/mol. The Hall–Kier alpha value is -1.72. The largest absolute Gasteiger partial charge is 0.416 e. The summed E-state index contributed by atoms with van der Waals surface area (Å²) in [6.07, 6.45) is -1.38. The van der Waals surface area contributed by atoms with Gasteiger partial charge in [0, 0.05) is 11.7 Å². The van der Waals surface area contributed by atoms with Crippen molar-refractivity contribution >= 4 is 11.7 Å². The number of anilines is 1. The van der Waals surface area contributed by atoms with Gasteiger partial charge in [0.15, 0.2) is 0 Å². The number of rotatable bonds is 2. The summed E-state index contributed by atoms with van der Waals surface area (Å²) in [5, 5.41) is 5.38. The van der Waals surface area contributed by atoms with Gasteiger partial charge in [-0.25, -0.2) is 4.79 Å². The van der Waals surface area contributed by atoms with E-state index >= 15 is 0 Å². The van der Waals surface area contributed by atoms with Crippen LogP contribution in [-0.4, -0.2) is 12.1 Å². The van der Waals surface area contributed by atoms with Gasteiger partial charge in [-0.15, -0.1) is 0 Å². The Kier molecular flexibility index (Phi) is 4.20. The van der Waals surface area contributed by atoms with Crippen LogP contribution in [0.1, 0.15) is 31.7 Å². The maximum Gasteiger partial charge on any atom is 0.416 e. The molecule has 0 heterocycles. The zero-order valence-electron chi connectivity index (χ0n) is 11.1. The summed E-state index contributed by atoms with van der Waals surface area (Å²) in [5.74, 6) is 0.603. The third kappa shape index (κ3) is 3.88. The van der Waals surface area contributed by atoms with E-state index in [1.807, 2.05) is 0 Å². The quantitative estimate of drug-likeness (QED) is 0.847. The maximum absolute atomic E-state index is 12.4. The summed E-state index contributed by atoms with van der Waals surface area (Å²) >= 11 is 0. The van der Waals surface area contributed by atoms with Crippen LogP contribution in [0.2, 0.25) is 0 Å². The van der Waals surface area contributed by atoms with Crippen LogP contribution < -0.4 is 10.6 Å². The molecule has 0 bridgehead atoms. The van der Waals surface area contributed by atoms with E-state index in [-0.39, 0.29) is 12.1 Å². The Morgan fingerprint density at radius 3 is 2.35 bits per heavy atom. The second-order valence-corrected chi connectivity index (χ2v) is 5.29. The van der Waals surface area contributed by atoms with Gasteiger partial charge in [-0.2, -0.15) is 13.2 Å². The van der Waals surface area contributed by atoms with Crippen molar-refractivity contribution in [3.8, 4) is 0 Å². The van der Waals surface area contributed by atoms with Crippen LogP contribution in [0, 0.1) is 5.92 Å². The topological polar surface area (TPSA) is 41.1 Å². The van der Waals surface area contributed by atoms with Gasteiger partial charge in [0.05, 0.1) is 5.56 Å². The van der Waals surface area contributed by atoms with Crippen molar-refractivity contribution in [2.45, 2.75) is 38.4 Å². The van der Waals surface area contributed by atoms with Crippen molar-refractivity contribution in [2.24, 2.45) is 5.92 Å². The van der Waals surface area contributed by atoms with Gasteiger partial charge in [0.25, 0.3) is 0 Å². The first-order valence-electron chi connectivity index (χ1n) is 6.59. The van der Waals surface area contributed by atoms with E-state index in [1.54, 1.807) is 0 Å². The standard InChI is InChI=1S/C14H17F3N2O/c1-9-2-5-12(8-9)19-13(20)18-11-6-3-10(4-7-11)14(15,16)17/h3-4,6-7,9,12H,2,5,8H2,1H3,(H2,18,19,20). The molecule has 2 unspecified atom stereocenters. The summed E-state index contributed by atoms with van der Waals surface area (Å²) < 4.78 is 37.2. The Balaban J connectivity index is 1.88. The van der Waals surface area contributed by atoms with Crippen molar-refractivity contribution in [2.75, 3.05) is 5.32 Å². The van der Waals surface area contributed by atoms with E-state index in [0.717, 1.165) is 31.4 Å². The first-order valence-corrected chi connectivity index (χ1v) is 6.59. The number of halogens is 3. The van der Waals surface area contributed by atoms with E-state index < -0.39 is 11.7 Å². The van der Waals surface area contributed by atoms with E-state index in [4.69, 9.17) is 0 Å². The zero-order valence-corrected chi connectivity index (χ0v) is 11.1. The molecule has 1 saturated carbocycles. The van der Waals surface area contributed by atoms with E-state index in [9.17, 15) is 18.0 Å². The lowest BCUT2D eigenvalue weighted by Crippen LogP contribution is -2.36. The van der Waals surface area contributed by atoms with E-state index in [0.29, 0.717) is 11.6 Å². The lowest BCUT2D eigenvalue weighted by Gasteiger charge is -2.14. The summed E-state index contributed by atoms with van der Waals surface area (Å²) in [6.45, 7) is 2.13. The summed E-state index contributed by atoms with van der Waals surface area (Å²) in [5.41, 5.74) is -0.380. The fourth-order valence-electron chi connectivity index (χ4n) is 2.43. The van der Waals surface area contributed by atoms with Gasteiger partial charge in [0.2, 0.25) is 0 Å². The number of amides is 2. The second kappa shape index (κ2) is 5.73. The van der Waals surface area contributed by atoms with Crippen LogP contribution in [0.4, 0.5) is 23.7 Å². The molecule has 1 aromatic carbocycles. The molecule has 2 N–H and O–H groups in total. The van der Waals surface area contributed by atoms with Crippen molar-refractivity contribution in [3.63, 3.8) is 0 Å². The van der Waals surface area contributed by atoms with Crippen LogP contribution >= 0.6 is 0 Å². The first kappa shape index (κ1) is 14.7. The lowest BCUT2D eigenvalue weighted by atomic mass is 10.1. The highest BCUT2D eigenvalue weighted by Crippen LogP contribution is 2.30. The molecule has 2 rings (SSSR count). The minimum absolute atomic E-state index is 0.152. The molecule has 2 atom stereocenters. The van der Waals surface area contributed by atoms with Gasteiger partial charge >= 0.3 is 12.2 Å². The SMILES string of the molecule is CC1CCC(NC(=O)Nc2ccc(C(F)(F)F)cc2)C1. The molecule has 0 radical (unpaired) electrons. The van der Waals surface area contributed by atoms with Gasteiger partial charge in [-0.3, -0.25) is 0 Å². The van der Waals surface area contributed by atoms with Gasteiger partial charge < -0.3 is 10.6 Å². The smallest absolute Gasteiger partial charge is 0.335 e. The monoisotopic (exact) mass is 286 g/mol. The molecule has 0 aromatic heterocycles. The Morgan fingerprint density at radius 1 is 1.20 bits per heavy atom. The van der Waals surface area contributed by atoms with Crippen LogP contribution in [0.25, 0.3) is 0 Å². The number of nitrogens with one attached hydrogen (secondary N) is 2. The molecule has 2 amide bonds. The van der Waals surface area contributed by atoms with Crippen LogP contribution in [0.3, 0.4) is 0 Å². The number of alkyl halides is 3. The molecule has 0 saturated heterocycles. The third-order valence-corrected chi connectivity index (χ3v) is 3.50. The number of hydrogen-bond donors (Lipinski definition) is 2. The highest BCUT2D eigenvalue weighted by atomic mass is 19.4. The van der Waals surface area contributed by atoms with Gasteiger partial charge in [-0.1, -0.05) is 6.92 Å². The number of urea groups is 1. The highest BCUT2D eigenvalue weighted by molar-refractivity contribution is 5.89. The Labute approximate surface area is 115 Å². The van der Waals surface area contributed by atoms with Crippen LogP contribution in [-0.2, 0) is 6.18 Å². The van der Waals surface area contributed by atoms with Gasteiger partial charge in [0.1, 0.15) is 0 Å². The molecule has 20 heavy (non-hydrogen) atoms. The van der Waals surface area contributed by atoms with Crippen molar-refractivity contribution in [1.29, 1.82) is 0 Å². The van der Waals surface area contributed by atoms with Gasteiger partial charge in [-0.05, 0) is 49.4 Å². The number of carbonyl (C=O) groups excluding carboxylic acids is 1. The first-order chi connectivity index (χ1) is 9.34. The molecule has 6 heteroatoms. The minimum Gasteiger partial charge on any atom is -0.335 e. The molecule has 1 aliphatic rings. The third-order valence-electron chi connectivity index (χ3n) is 3.50. The Morgan fingerprint density at radius 2 is 1.85 bits per heavy atom. The summed E-state index contributed by atoms with van der Waals surface area (Å²) in [6, 6.07) is 4.18. The molecular formula is C14H17F3N2O. The average Bonchev–Trinajstić information content (AvgIpc) is 2.74. The summed E-state index contributed by atoms with van der Waals surface area (Å²) in [7, 11) is 0. The molecule has 1 aromatic rings. The average molecular weight is 286 g/mol. The number of hydrogen-bond acceptors (Lipinski definition) is 1. The van der Waals surface area contributed by atoms with Crippen LogP contribution in [0.5, 0.6) is 0 Å². The minimum atomic E-state index is -4.36. The normalized spacial score (nSPS) is 22.6. The molecule has 110 valence electrons. The predicted octanol–water partition coefficient (Wildman–Crippen LogP) is 4.02. The molecule has 3 nitrogen and oxygen atoms in total. The molecule has 1 aliphatic carbocycles. The molecule has 0 aliphatic heterocycles. The summed E-state index contributed by atoms with van der Waals surface area (Å²) in [4.78, 5) is 11.7. The fourth-order valence-corrected chi connectivity index (χ4v) is 2.43. The molecule has 1 fully saturated rings. The van der Waals surface area contributed by atoms with Crippen molar-refractivity contribution in [3.05, 3.63) is 29.8 Å². The number of benzene rings is 1. The predicted molar refractivity (Wildman–Crippen MR) is 70.4 cm³/mol. The maximum atomic E-state index is 12.4. The van der Waals surface area contributed by atoms with E-state index in [2.05, 4.69) is 17.6 Å². The van der Waals surface area contributed by atoms with Crippen molar-refractivity contribution in [1.82, 2.24) is 5.32 Å².